The topological polar surface area (TPSA) is 51.2 Å². The monoisotopic (exact) mass is 382 g/mol. The minimum Gasteiger partial charge on any atom is -0.444 e. The lowest BCUT2D eigenvalue weighted by Crippen LogP contribution is -2.36. The number of fused-ring (bicyclic) bond motifs is 1. The number of halogens is 1. The second-order valence-electron chi connectivity index (χ2n) is 7.43. The molecular formula is C22H23ClN2O2. The van der Waals surface area contributed by atoms with Gasteiger partial charge in [0, 0.05) is 5.39 Å². The van der Waals surface area contributed by atoms with Gasteiger partial charge in [0.1, 0.15) is 5.60 Å². The number of carbonyl (C=O) groups is 1. The van der Waals surface area contributed by atoms with Crippen molar-refractivity contribution >= 4 is 28.6 Å². The number of amides is 1. The number of benzene rings is 2. The van der Waals surface area contributed by atoms with Crippen molar-refractivity contribution in [1.29, 1.82) is 0 Å². The molecule has 0 saturated carbocycles. The molecule has 27 heavy (non-hydrogen) atoms. The first kappa shape index (κ1) is 19.2. The summed E-state index contributed by atoms with van der Waals surface area (Å²) in [6, 6.07) is 19.1. The molecule has 0 unspecified atom stereocenters. The Hall–Kier alpha value is -2.59. The SMILES string of the molecule is CC(C)(C)OC(=O)N[C@H](Cc1ccccc1)c1cc(Cl)c2ccccc2n1. The number of hydrogen-bond donors (Lipinski definition) is 1. The van der Waals surface area contributed by atoms with Gasteiger partial charge < -0.3 is 10.1 Å². The van der Waals surface area contributed by atoms with Crippen LogP contribution >= 0.6 is 11.6 Å². The average molecular weight is 383 g/mol. The number of carbonyl (C=O) groups excluding carboxylic acids is 1. The number of para-hydroxylation sites is 1. The lowest BCUT2D eigenvalue weighted by molar-refractivity contribution is 0.0502. The number of ether oxygens (including phenoxy) is 1. The van der Waals surface area contributed by atoms with Crippen molar-refractivity contribution in [3.63, 3.8) is 0 Å². The number of pyridine rings is 1. The predicted octanol–water partition coefficient (Wildman–Crippen LogP) is 5.70. The Balaban J connectivity index is 1.94. The zero-order chi connectivity index (χ0) is 19.4. The van der Waals surface area contributed by atoms with E-state index >= 15 is 0 Å². The highest BCUT2D eigenvalue weighted by molar-refractivity contribution is 6.35. The minimum absolute atomic E-state index is 0.357. The van der Waals surface area contributed by atoms with E-state index in [2.05, 4.69) is 5.32 Å². The van der Waals surface area contributed by atoms with Crippen molar-refractivity contribution in [2.24, 2.45) is 0 Å². The molecule has 0 saturated heterocycles. The summed E-state index contributed by atoms with van der Waals surface area (Å²) >= 11 is 6.47. The van der Waals surface area contributed by atoms with Gasteiger partial charge in [-0.15, -0.1) is 0 Å². The highest BCUT2D eigenvalue weighted by Crippen LogP contribution is 2.27. The molecule has 0 aliphatic carbocycles. The van der Waals surface area contributed by atoms with Crippen LogP contribution in [0.3, 0.4) is 0 Å². The summed E-state index contributed by atoms with van der Waals surface area (Å²) in [5.74, 6) is 0. The van der Waals surface area contributed by atoms with E-state index in [1.165, 1.54) is 0 Å². The number of rotatable bonds is 4. The van der Waals surface area contributed by atoms with Crippen molar-refractivity contribution in [2.45, 2.75) is 38.8 Å². The first-order chi connectivity index (χ1) is 12.8. The van der Waals surface area contributed by atoms with Crippen LogP contribution in [0.4, 0.5) is 4.79 Å². The predicted molar refractivity (Wildman–Crippen MR) is 109 cm³/mol. The molecule has 0 radical (unpaired) electrons. The van der Waals surface area contributed by atoms with Gasteiger partial charge in [-0.05, 0) is 44.9 Å². The van der Waals surface area contributed by atoms with Crippen LogP contribution < -0.4 is 5.32 Å². The molecule has 5 heteroatoms. The van der Waals surface area contributed by atoms with Gasteiger partial charge in [0.15, 0.2) is 0 Å². The fourth-order valence-electron chi connectivity index (χ4n) is 2.86. The maximum atomic E-state index is 12.4. The molecule has 0 spiro atoms. The van der Waals surface area contributed by atoms with E-state index in [9.17, 15) is 4.79 Å². The van der Waals surface area contributed by atoms with Crippen LogP contribution in [0.1, 0.15) is 38.1 Å². The van der Waals surface area contributed by atoms with Crippen LogP contribution in [0.2, 0.25) is 5.02 Å². The smallest absolute Gasteiger partial charge is 0.408 e. The van der Waals surface area contributed by atoms with Crippen LogP contribution in [0.25, 0.3) is 10.9 Å². The largest absolute Gasteiger partial charge is 0.444 e. The third kappa shape index (κ3) is 5.20. The molecule has 0 bridgehead atoms. The van der Waals surface area contributed by atoms with Crippen molar-refractivity contribution < 1.29 is 9.53 Å². The van der Waals surface area contributed by atoms with E-state index in [4.69, 9.17) is 21.3 Å². The summed E-state index contributed by atoms with van der Waals surface area (Å²) in [7, 11) is 0. The van der Waals surface area contributed by atoms with Gasteiger partial charge in [0.25, 0.3) is 0 Å². The standard InChI is InChI=1S/C22H23ClN2O2/c1-22(2,3)27-21(26)25-19(13-15-9-5-4-6-10-15)20-14-17(23)16-11-7-8-12-18(16)24-20/h4-12,14,19H,13H2,1-3H3,(H,25,26)/t19-/m1/s1. The van der Waals surface area contributed by atoms with Gasteiger partial charge in [0.05, 0.1) is 22.3 Å². The van der Waals surface area contributed by atoms with Gasteiger partial charge in [-0.2, -0.15) is 0 Å². The third-order valence-electron chi connectivity index (χ3n) is 4.02. The molecule has 1 heterocycles. The Kier molecular flexibility index (Phi) is 5.66. The van der Waals surface area contributed by atoms with Crippen molar-refractivity contribution in [1.82, 2.24) is 10.3 Å². The quantitative estimate of drug-likeness (QED) is 0.630. The Morgan fingerprint density at radius 3 is 2.48 bits per heavy atom. The molecule has 0 aliphatic rings. The minimum atomic E-state index is -0.574. The maximum Gasteiger partial charge on any atom is 0.408 e. The lowest BCUT2D eigenvalue weighted by atomic mass is 10.0. The van der Waals surface area contributed by atoms with Crippen molar-refractivity contribution in [2.75, 3.05) is 0 Å². The molecule has 1 amide bonds. The number of aromatic nitrogens is 1. The van der Waals surface area contributed by atoms with Gasteiger partial charge in [-0.1, -0.05) is 60.1 Å². The van der Waals surface area contributed by atoms with E-state index < -0.39 is 11.7 Å². The molecule has 0 fully saturated rings. The summed E-state index contributed by atoms with van der Waals surface area (Å²) in [4.78, 5) is 17.1. The Bertz CT molecular complexity index is 936. The van der Waals surface area contributed by atoms with Crippen molar-refractivity contribution in [3.05, 3.63) is 76.9 Å². The Labute approximate surface area is 164 Å². The van der Waals surface area contributed by atoms with E-state index in [-0.39, 0.29) is 6.04 Å². The van der Waals surface area contributed by atoms with Crippen LogP contribution in [0.15, 0.2) is 60.7 Å². The molecule has 1 atom stereocenters. The molecule has 3 rings (SSSR count). The van der Waals surface area contributed by atoms with Crippen LogP contribution in [-0.2, 0) is 11.2 Å². The average Bonchev–Trinajstić information content (AvgIpc) is 2.60. The van der Waals surface area contributed by atoms with Crippen molar-refractivity contribution in [3.8, 4) is 0 Å². The summed E-state index contributed by atoms with van der Waals surface area (Å²) < 4.78 is 5.43. The van der Waals surface area contributed by atoms with Gasteiger partial charge >= 0.3 is 6.09 Å². The van der Waals surface area contributed by atoms with Gasteiger partial charge in [0.2, 0.25) is 0 Å². The molecule has 1 N–H and O–H groups in total. The highest BCUT2D eigenvalue weighted by Gasteiger charge is 2.22. The van der Waals surface area contributed by atoms with E-state index in [0.29, 0.717) is 17.1 Å². The number of nitrogens with zero attached hydrogens (tertiary/aromatic N) is 1. The first-order valence-corrected chi connectivity index (χ1v) is 9.28. The van der Waals surface area contributed by atoms with Crippen LogP contribution in [0.5, 0.6) is 0 Å². The number of alkyl carbamates (subject to hydrolysis) is 1. The normalized spacial score (nSPS) is 12.6. The summed E-state index contributed by atoms with van der Waals surface area (Å²) in [6.45, 7) is 5.51. The lowest BCUT2D eigenvalue weighted by Gasteiger charge is -2.24. The summed E-state index contributed by atoms with van der Waals surface area (Å²) in [5, 5.41) is 4.45. The fraction of sp³-hybridized carbons (Fsp3) is 0.273. The van der Waals surface area contributed by atoms with Crippen LogP contribution in [-0.4, -0.2) is 16.7 Å². The molecule has 4 nitrogen and oxygen atoms in total. The highest BCUT2D eigenvalue weighted by atomic mass is 35.5. The zero-order valence-corrected chi connectivity index (χ0v) is 16.5. The summed E-state index contributed by atoms with van der Waals surface area (Å²) in [6.07, 6.45) is 0.108. The van der Waals surface area contributed by atoms with Gasteiger partial charge in [-0.25, -0.2) is 4.79 Å². The number of nitrogens with one attached hydrogen (secondary N) is 1. The molecule has 1 aromatic heterocycles. The van der Waals surface area contributed by atoms with Crippen LogP contribution in [0, 0.1) is 0 Å². The molecule has 3 aromatic rings. The first-order valence-electron chi connectivity index (χ1n) is 8.90. The molecule has 0 aliphatic heterocycles. The Morgan fingerprint density at radius 2 is 1.78 bits per heavy atom. The van der Waals surface area contributed by atoms with E-state index in [1.54, 1.807) is 0 Å². The Morgan fingerprint density at radius 1 is 1.11 bits per heavy atom. The summed E-state index contributed by atoms with van der Waals surface area (Å²) in [5.41, 5.74) is 2.01. The van der Waals surface area contributed by atoms with Gasteiger partial charge in [-0.3, -0.25) is 4.98 Å². The van der Waals surface area contributed by atoms with E-state index in [0.717, 1.165) is 16.5 Å². The van der Waals surface area contributed by atoms with E-state index in [1.807, 2.05) is 81.4 Å². The third-order valence-corrected chi connectivity index (χ3v) is 4.33. The second-order valence-corrected chi connectivity index (χ2v) is 7.84. The fourth-order valence-corrected chi connectivity index (χ4v) is 3.13. The maximum absolute atomic E-state index is 12.4. The molecular weight excluding hydrogens is 360 g/mol. The second kappa shape index (κ2) is 7.97. The molecule has 140 valence electrons. The zero-order valence-electron chi connectivity index (χ0n) is 15.7. The number of hydrogen-bond acceptors (Lipinski definition) is 3. The molecule has 2 aromatic carbocycles.